The van der Waals surface area contributed by atoms with E-state index in [4.69, 9.17) is 5.26 Å². The molecule has 0 unspecified atom stereocenters. The molecule has 0 fully saturated rings. The van der Waals surface area contributed by atoms with E-state index in [0.29, 0.717) is 16.9 Å². The maximum atomic E-state index is 13.1. The number of carbonyl (C=O) groups excluding carboxylic acids is 1. The number of nitrogens with zero attached hydrogens (tertiary/aromatic N) is 2. The van der Waals surface area contributed by atoms with Crippen LogP contribution < -0.4 is 10.6 Å². The van der Waals surface area contributed by atoms with Crippen molar-refractivity contribution in [2.24, 2.45) is 0 Å². The lowest BCUT2D eigenvalue weighted by Crippen LogP contribution is -2.13. The fraction of sp³-hybridized carbons (Fsp3) is 0. The fourth-order valence-corrected chi connectivity index (χ4v) is 2.16. The van der Waals surface area contributed by atoms with Crippen LogP contribution in [0.1, 0.15) is 16.1 Å². The molecule has 0 aliphatic carbocycles. The SMILES string of the molecule is N#Cc1ccc(Nc2ccc(C(=O)Nc3cccc(F)c3)nc2)cc1. The van der Waals surface area contributed by atoms with E-state index in [-0.39, 0.29) is 5.69 Å². The maximum Gasteiger partial charge on any atom is 0.274 e. The predicted octanol–water partition coefficient (Wildman–Crippen LogP) is 4.09. The third-order valence-electron chi connectivity index (χ3n) is 3.38. The molecule has 0 spiro atoms. The van der Waals surface area contributed by atoms with Crippen LogP contribution in [0.2, 0.25) is 0 Å². The number of halogens is 1. The molecule has 2 N–H and O–H groups in total. The first-order chi connectivity index (χ1) is 12.1. The third kappa shape index (κ3) is 4.18. The minimum Gasteiger partial charge on any atom is -0.354 e. The van der Waals surface area contributed by atoms with Crippen LogP contribution in [-0.2, 0) is 0 Å². The van der Waals surface area contributed by atoms with Crippen molar-refractivity contribution >= 4 is 23.0 Å². The summed E-state index contributed by atoms with van der Waals surface area (Å²) in [5.41, 5.74) is 2.67. The van der Waals surface area contributed by atoms with E-state index < -0.39 is 11.7 Å². The average molecular weight is 332 g/mol. The quantitative estimate of drug-likeness (QED) is 0.754. The van der Waals surface area contributed by atoms with Crippen molar-refractivity contribution in [1.29, 1.82) is 5.26 Å². The standard InChI is InChI=1S/C19H13FN4O/c20-14-2-1-3-16(10-14)24-19(25)18-9-8-17(12-22-18)23-15-6-4-13(11-21)5-7-15/h1-10,12,23H,(H,24,25). The lowest BCUT2D eigenvalue weighted by molar-refractivity contribution is 0.102. The molecule has 0 atom stereocenters. The number of rotatable bonds is 4. The van der Waals surface area contributed by atoms with Crippen molar-refractivity contribution in [2.45, 2.75) is 0 Å². The Morgan fingerprint density at radius 3 is 2.40 bits per heavy atom. The van der Waals surface area contributed by atoms with E-state index in [2.05, 4.69) is 21.7 Å². The number of nitrogens with one attached hydrogen (secondary N) is 2. The van der Waals surface area contributed by atoms with Gasteiger partial charge >= 0.3 is 0 Å². The van der Waals surface area contributed by atoms with Crippen LogP contribution in [0.5, 0.6) is 0 Å². The molecule has 122 valence electrons. The second-order valence-electron chi connectivity index (χ2n) is 5.21. The summed E-state index contributed by atoms with van der Waals surface area (Å²) >= 11 is 0. The Labute approximate surface area is 143 Å². The van der Waals surface area contributed by atoms with Crippen LogP contribution in [0.4, 0.5) is 21.5 Å². The predicted molar refractivity (Wildman–Crippen MR) is 93.0 cm³/mol. The Kier molecular flexibility index (Phi) is 4.67. The minimum atomic E-state index is -0.423. The van der Waals surface area contributed by atoms with Crippen LogP contribution in [0, 0.1) is 17.1 Å². The highest BCUT2D eigenvalue weighted by molar-refractivity contribution is 6.02. The van der Waals surface area contributed by atoms with E-state index in [0.717, 1.165) is 5.69 Å². The second kappa shape index (κ2) is 7.23. The molecule has 0 bridgehead atoms. The molecule has 6 heteroatoms. The number of nitriles is 1. The number of hydrogen-bond acceptors (Lipinski definition) is 4. The maximum absolute atomic E-state index is 13.1. The molecular formula is C19H13FN4O. The van der Waals surface area contributed by atoms with E-state index in [1.54, 1.807) is 42.5 Å². The van der Waals surface area contributed by atoms with Crippen molar-refractivity contribution in [2.75, 3.05) is 10.6 Å². The lowest BCUT2D eigenvalue weighted by atomic mass is 10.2. The van der Waals surface area contributed by atoms with Gasteiger partial charge in [0.05, 0.1) is 23.5 Å². The van der Waals surface area contributed by atoms with Crippen LogP contribution in [0.3, 0.4) is 0 Å². The largest absolute Gasteiger partial charge is 0.354 e. The molecule has 0 saturated carbocycles. The Morgan fingerprint density at radius 1 is 1.00 bits per heavy atom. The number of anilines is 3. The van der Waals surface area contributed by atoms with Gasteiger partial charge in [-0.15, -0.1) is 0 Å². The highest BCUT2D eigenvalue weighted by Gasteiger charge is 2.08. The van der Waals surface area contributed by atoms with Gasteiger partial charge in [0.1, 0.15) is 11.5 Å². The molecule has 0 saturated heterocycles. The van der Waals surface area contributed by atoms with Gasteiger partial charge in [-0.25, -0.2) is 9.37 Å². The van der Waals surface area contributed by atoms with Crippen LogP contribution in [0.15, 0.2) is 66.9 Å². The van der Waals surface area contributed by atoms with Gasteiger partial charge in [-0.05, 0) is 54.6 Å². The van der Waals surface area contributed by atoms with Crippen molar-refractivity contribution in [3.63, 3.8) is 0 Å². The first-order valence-corrected chi connectivity index (χ1v) is 7.44. The molecule has 1 aromatic heterocycles. The van der Waals surface area contributed by atoms with Crippen LogP contribution >= 0.6 is 0 Å². The van der Waals surface area contributed by atoms with E-state index >= 15 is 0 Å². The Bertz CT molecular complexity index is 931. The summed E-state index contributed by atoms with van der Waals surface area (Å²) in [5, 5.41) is 14.5. The summed E-state index contributed by atoms with van der Waals surface area (Å²) in [4.78, 5) is 16.2. The topological polar surface area (TPSA) is 77.8 Å². The number of benzene rings is 2. The van der Waals surface area contributed by atoms with Crippen molar-refractivity contribution in [3.8, 4) is 6.07 Å². The van der Waals surface area contributed by atoms with Crippen LogP contribution in [-0.4, -0.2) is 10.9 Å². The van der Waals surface area contributed by atoms with Crippen molar-refractivity contribution in [1.82, 2.24) is 4.98 Å². The average Bonchev–Trinajstić information content (AvgIpc) is 2.63. The van der Waals surface area contributed by atoms with Gasteiger partial charge in [0.2, 0.25) is 0 Å². The van der Waals surface area contributed by atoms with Gasteiger partial charge in [-0.3, -0.25) is 4.79 Å². The Morgan fingerprint density at radius 2 is 1.76 bits per heavy atom. The van der Waals surface area contributed by atoms with Gasteiger partial charge in [0.25, 0.3) is 5.91 Å². The first-order valence-electron chi connectivity index (χ1n) is 7.44. The molecule has 0 aliphatic heterocycles. The molecule has 0 radical (unpaired) electrons. The zero-order valence-electron chi connectivity index (χ0n) is 13.0. The smallest absolute Gasteiger partial charge is 0.274 e. The zero-order chi connectivity index (χ0) is 17.6. The highest BCUT2D eigenvalue weighted by atomic mass is 19.1. The number of hydrogen-bond donors (Lipinski definition) is 2. The summed E-state index contributed by atoms with van der Waals surface area (Å²) < 4.78 is 13.1. The molecule has 5 nitrogen and oxygen atoms in total. The van der Waals surface area contributed by atoms with E-state index in [1.807, 2.05) is 0 Å². The number of amides is 1. The van der Waals surface area contributed by atoms with Gasteiger partial charge in [-0.2, -0.15) is 5.26 Å². The Balaban J connectivity index is 1.66. The monoisotopic (exact) mass is 332 g/mol. The van der Waals surface area contributed by atoms with E-state index in [1.165, 1.54) is 24.4 Å². The van der Waals surface area contributed by atoms with Crippen LogP contribution in [0.25, 0.3) is 0 Å². The summed E-state index contributed by atoms with van der Waals surface area (Å²) in [5.74, 6) is -0.844. The number of aromatic nitrogens is 1. The minimum absolute atomic E-state index is 0.217. The fourth-order valence-electron chi connectivity index (χ4n) is 2.16. The molecular weight excluding hydrogens is 319 g/mol. The molecule has 25 heavy (non-hydrogen) atoms. The summed E-state index contributed by atoms with van der Waals surface area (Å²) in [6.07, 6.45) is 1.53. The zero-order valence-corrected chi connectivity index (χ0v) is 13.0. The first kappa shape index (κ1) is 16.1. The van der Waals surface area contributed by atoms with Gasteiger partial charge in [0.15, 0.2) is 0 Å². The van der Waals surface area contributed by atoms with Gasteiger partial charge in [-0.1, -0.05) is 6.07 Å². The summed E-state index contributed by atoms with van der Waals surface area (Å²) in [6, 6.07) is 18.0. The molecule has 2 aromatic carbocycles. The number of pyridine rings is 1. The van der Waals surface area contributed by atoms with Crippen molar-refractivity contribution < 1.29 is 9.18 Å². The Hall–Kier alpha value is -3.72. The molecule has 3 aromatic rings. The third-order valence-corrected chi connectivity index (χ3v) is 3.38. The normalized spacial score (nSPS) is 9.92. The molecule has 0 aliphatic rings. The van der Waals surface area contributed by atoms with Gasteiger partial charge < -0.3 is 10.6 Å². The summed E-state index contributed by atoms with van der Waals surface area (Å²) in [7, 11) is 0. The molecule has 3 rings (SSSR count). The van der Waals surface area contributed by atoms with Gasteiger partial charge in [0, 0.05) is 11.4 Å². The number of carbonyl (C=O) groups is 1. The summed E-state index contributed by atoms with van der Waals surface area (Å²) in [6.45, 7) is 0. The molecule has 1 heterocycles. The lowest BCUT2D eigenvalue weighted by Gasteiger charge is -2.08. The van der Waals surface area contributed by atoms with Crippen molar-refractivity contribution in [3.05, 3.63) is 83.9 Å². The van der Waals surface area contributed by atoms with E-state index in [9.17, 15) is 9.18 Å². The molecule has 1 amide bonds. The second-order valence-corrected chi connectivity index (χ2v) is 5.21. The highest BCUT2D eigenvalue weighted by Crippen LogP contribution is 2.17.